The third-order valence-corrected chi connectivity index (χ3v) is 5.48. The highest BCUT2D eigenvalue weighted by atomic mass is 16.5. The molecule has 2 aliphatic heterocycles. The minimum atomic E-state index is -0.200. The largest absolute Gasteiger partial charge is 0.376 e. The van der Waals surface area contributed by atoms with Crippen LogP contribution in [-0.4, -0.2) is 71.0 Å². The third kappa shape index (κ3) is 3.44. The van der Waals surface area contributed by atoms with Crippen molar-refractivity contribution in [2.75, 3.05) is 33.8 Å². The summed E-state index contributed by atoms with van der Waals surface area (Å²) in [6.07, 6.45) is 5.76. The monoisotopic (exact) mass is 385 g/mol. The second kappa shape index (κ2) is 7.79. The van der Waals surface area contributed by atoms with E-state index < -0.39 is 0 Å². The van der Waals surface area contributed by atoms with Gasteiger partial charge in [0.25, 0.3) is 5.91 Å². The summed E-state index contributed by atoms with van der Waals surface area (Å²) in [6.45, 7) is 1.95. The van der Waals surface area contributed by atoms with E-state index in [1.165, 1.54) is 0 Å². The van der Waals surface area contributed by atoms with Crippen LogP contribution in [0.25, 0.3) is 5.52 Å². The zero-order chi connectivity index (χ0) is 19.7. The molecular weight excluding hydrogens is 358 g/mol. The molecule has 2 fully saturated rings. The number of hydrogen-bond donors (Lipinski definition) is 1. The van der Waals surface area contributed by atoms with E-state index in [1.54, 1.807) is 19.0 Å². The number of likely N-dealkylation sites (tertiary alicyclic amines) is 1. The molecule has 2 atom stereocenters. The number of amides is 3. The van der Waals surface area contributed by atoms with E-state index in [-0.39, 0.29) is 24.1 Å². The Balaban J connectivity index is 1.62. The molecule has 2 aromatic heterocycles. The first kappa shape index (κ1) is 18.7. The summed E-state index contributed by atoms with van der Waals surface area (Å²) in [4.78, 5) is 33.5. The van der Waals surface area contributed by atoms with Crippen molar-refractivity contribution in [2.24, 2.45) is 0 Å². The highest BCUT2D eigenvalue weighted by Crippen LogP contribution is 2.33. The van der Waals surface area contributed by atoms with Crippen molar-refractivity contribution in [1.29, 1.82) is 0 Å². The molecule has 1 N–H and O–H groups in total. The van der Waals surface area contributed by atoms with Crippen LogP contribution in [0.2, 0.25) is 0 Å². The average Bonchev–Trinajstić information content (AvgIpc) is 3.44. The van der Waals surface area contributed by atoms with Crippen molar-refractivity contribution in [1.82, 2.24) is 24.5 Å². The second-order valence-corrected chi connectivity index (χ2v) is 7.65. The molecular formula is C20H27N5O3. The Morgan fingerprint density at radius 3 is 2.89 bits per heavy atom. The number of nitrogens with one attached hydrogen (secondary N) is 1. The number of ether oxygens (including phenoxy) is 1. The fourth-order valence-electron chi connectivity index (χ4n) is 4.08. The summed E-state index contributed by atoms with van der Waals surface area (Å²) < 4.78 is 7.52. The van der Waals surface area contributed by atoms with Gasteiger partial charge >= 0.3 is 6.03 Å². The van der Waals surface area contributed by atoms with Crippen LogP contribution in [-0.2, 0) is 4.74 Å². The Morgan fingerprint density at radius 1 is 1.29 bits per heavy atom. The first-order valence-electron chi connectivity index (χ1n) is 9.91. The Kier molecular flexibility index (Phi) is 5.21. The number of hydrogen-bond acceptors (Lipinski definition) is 4. The first-order chi connectivity index (χ1) is 13.6. The molecule has 0 bridgehead atoms. The Hall–Kier alpha value is -2.61. The lowest BCUT2D eigenvalue weighted by Crippen LogP contribution is -2.39. The Bertz CT molecular complexity index is 872. The van der Waals surface area contributed by atoms with E-state index in [2.05, 4.69) is 5.32 Å². The van der Waals surface area contributed by atoms with Gasteiger partial charge in [0.2, 0.25) is 0 Å². The van der Waals surface area contributed by atoms with Crippen molar-refractivity contribution >= 4 is 17.5 Å². The van der Waals surface area contributed by atoms with Crippen LogP contribution in [0.4, 0.5) is 4.79 Å². The van der Waals surface area contributed by atoms with E-state index in [0.717, 1.165) is 43.6 Å². The van der Waals surface area contributed by atoms with E-state index in [0.29, 0.717) is 18.8 Å². The van der Waals surface area contributed by atoms with Crippen LogP contribution in [0.15, 0.2) is 24.4 Å². The maximum absolute atomic E-state index is 12.8. The van der Waals surface area contributed by atoms with Crippen LogP contribution in [0.3, 0.4) is 0 Å². The van der Waals surface area contributed by atoms with Crippen molar-refractivity contribution in [3.63, 3.8) is 0 Å². The quantitative estimate of drug-likeness (QED) is 0.874. The van der Waals surface area contributed by atoms with Crippen LogP contribution >= 0.6 is 0 Å². The predicted molar refractivity (Wildman–Crippen MR) is 104 cm³/mol. The van der Waals surface area contributed by atoms with Gasteiger partial charge in [-0.1, -0.05) is 6.07 Å². The molecule has 4 heterocycles. The fraction of sp³-hybridized carbons (Fsp3) is 0.550. The number of aromatic nitrogens is 2. The van der Waals surface area contributed by atoms with Crippen LogP contribution in [0, 0.1) is 0 Å². The smallest absolute Gasteiger partial charge is 0.320 e. The number of fused-ring (bicyclic) bond motifs is 1. The lowest BCUT2D eigenvalue weighted by atomic mass is 10.2. The van der Waals surface area contributed by atoms with Crippen molar-refractivity contribution in [3.8, 4) is 0 Å². The van der Waals surface area contributed by atoms with Crippen LogP contribution in [0.1, 0.15) is 48.0 Å². The SMILES string of the molecule is CN(C)C(=O)N1CCCC1c1nc(C(=O)NCC2CCCO2)c2ccccn12. The minimum absolute atomic E-state index is 0.0282. The second-order valence-electron chi connectivity index (χ2n) is 7.65. The van der Waals surface area contributed by atoms with Crippen LogP contribution in [0.5, 0.6) is 0 Å². The predicted octanol–water partition coefficient (Wildman–Crippen LogP) is 2.06. The summed E-state index contributed by atoms with van der Waals surface area (Å²) in [6, 6.07) is 5.54. The van der Waals surface area contributed by atoms with Gasteiger partial charge in [-0.05, 0) is 37.8 Å². The van der Waals surface area contributed by atoms with E-state index in [4.69, 9.17) is 9.72 Å². The molecule has 0 radical (unpaired) electrons. The standard InChI is InChI=1S/C20H27N5O3/c1-23(2)20(27)25-11-5-9-16(25)18-22-17(15-8-3-4-10-24(15)18)19(26)21-13-14-7-6-12-28-14/h3-4,8,10,14,16H,5-7,9,11-13H2,1-2H3,(H,21,26). The zero-order valence-corrected chi connectivity index (χ0v) is 16.4. The van der Waals surface area contributed by atoms with E-state index >= 15 is 0 Å². The van der Waals surface area contributed by atoms with Gasteiger partial charge in [-0.25, -0.2) is 9.78 Å². The molecule has 150 valence electrons. The van der Waals surface area contributed by atoms with Gasteiger partial charge < -0.3 is 24.3 Å². The molecule has 2 aromatic rings. The molecule has 0 aromatic carbocycles. The topological polar surface area (TPSA) is 79.2 Å². The Morgan fingerprint density at radius 2 is 2.14 bits per heavy atom. The molecule has 8 nitrogen and oxygen atoms in total. The fourth-order valence-corrected chi connectivity index (χ4v) is 4.08. The lowest BCUT2D eigenvalue weighted by Gasteiger charge is -2.27. The third-order valence-electron chi connectivity index (χ3n) is 5.48. The zero-order valence-electron chi connectivity index (χ0n) is 16.4. The minimum Gasteiger partial charge on any atom is -0.376 e. The van der Waals surface area contributed by atoms with Gasteiger partial charge in [0, 0.05) is 40.0 Å². The number of nitrogens with zero attached hydrogens (tertiary/aromatic N) is 4. The number of carbonyl (C=O) groups is 2. The molecule has 2 unspecified atom stereocenters. The van der Waals surface area contributed by atoms with E-state index in [1.807, 2.05) is 33.7 Å². The van der Waals surface area contributed by atoms with E-state index in [9.17, 15) is 9.59 Å². The van der Waals surface area contributed by atoms with Crippen molar-refractivity contribution in [3.05, 3.63) is 35.9 Å². The van der Waals surface area contributed by atoms with Crippen LogP contribution < -0.4 is 5.32 Å². The molecule has 3 amide bonds. The van der Waals surface area contributed by atoms with Gasteiger partial charge in [0.05, 0.1) is 17.7 Å². The molecule has 0 saturated carbocycles. The molecule has 0 spiro atoms. The summed E-state index contributed by atoms with van der Waals surface area (Å²) >= 11 is 0. The molecule has 2 aliphatic rings. The summed E-state index contributed by atoms with van der Waals surface area (Å²) in [5.41, 5.74) is 1.16. The highest BCUT2D eigenvalue weighted by molar-refractivity contribution is 5.99. The number of carbonyl (C=O) groups excluding carboxylic acids is 2. The number of urea groups is 1. The Labute approximate surface area is 164 Å². The maximum atomic E-state index is 12.8. The van der Waals surface area contributed by atoms with Gasteiger partial charge in [-0.3, -0.25) is 4.79 Å². The molecule has 2 saturated heterocycles. The van der Waals surface area contributed by atoms with Gasteiger partial charge in [-0.15, -0.1) is 0 Å². The maximum Gasteiger partial charge on any atom is 0.320 e. The van der Waals surface area contributed by atoms with Crippen molar-refractivity contribution < 1.29 is 14.3 Å². The number of rotatable bonds is 4. The molecule has 4 rings (SSSR count). The molecule has 0 aliphatic carbocycles. The van der Waals surface area contributed by atoms with Gasteiger partial charge in [-0.2, -0.15) is 0 Å². The lowest BCUT2D eigenvalue weighted by molar-refractivity contribution is 0.0855. The normalized spacial score (nSPS) is 22.0. The first-order valence-corrected chi connectivity index (χ1v) is 9.91. The summed E-state index contributed by atoms with van der Waals surface area (Å²) in [5.74, 6) is 0.541. The number of pyridine rings is 1. The van der Waals surface area contributed by atoms with Gasteiger partial charge in [0.1, 0.15) is 5.82 Å². The van der Waals surface area contributed by atoms with Crippen molar-refractivity contribution in [2.45, 2.75) is 37.8 Å². The highest BCUT2D eigenvalue weighted by Gasteiger charge is 2.35. The summed E-state index contributed by atoms with van der Waals surface area (Å²) in [5, 5.41) is 2.96. The molecule has 28 heavy (non-hydrogen) atoms. The van der Waals surface area contributed by atoms with Gasteiger partial charge in [0.15, 0.2) is 5.69 Å². The number of imidazole rings is 1. The molecule has 8 heteroatoms. The summed E-state index contributed by atoms with van der Waals surface area (Å²) in [7, 11) is 3.51. The average molecular weight is 385 g/mol.